The van der Waals surface area contributed by atoms with Gasteiger partial charge in [0, 0.05) is 6.20 Å². The lowest BCUT2D eigenvalue weighted by molar-refractivity contribution is -0.0509. The summed E-state index contributed by atoms with van der Waals surface area (Å²) in [6.45, 7) is -0.373. The fourth-order valence-corrected chi connectivity index (χ4v) is 2.90. The summed E-state index contributed by atoms with van der Waals surface area (Å²) in [4.78, 5) is 8.68. The highest BCUT2D eigenvalue weighted by Gasteiger charge is 2.43. The fourth-order valence-electron chi connectivity index (χ4n) is 2.55. The molecule has 3 heterocycles. The number of fused-ring (bicyclic) bond motifs is 1. The van der Waals surface area contributed by atoms with Crippen LogP contribution < -0.4 is 4.74 Å². The van der Waals surface area contributed by atoms with Gasteiger partial charge in [0.2, 0.25) is 5.88 Å². The molecule has 2 aromatic heterocycles. The standard InChI is InChI=1S/C13H17N3O5S/c1-20-11-6-3-4-16(10(6)14-13(15-11)22-2)12-9(19)8(18)7(5-17)21-12/h3-4,7-9,12,17-19H,5H2,1-2H3/t7-,8-,9-,12-/m1/s1. The molecule has 0 aliphatic carbocycles. The van der Waals surface area contributed by atoms with Gasteiger partial charge in [-0.15, -0.1) is 0 Å². The summed E-state index contributed by atoms with van der Waals surface area (Å²) in [6.07, 6.45) is -0.449. The molecule has 0 unspecified atom stereocenters. The van der Waals surface area contributed by atoms with Crippen LogP contribution in [0.5, 0.6) is 5.88 Å². The molecular weight excluding hydrogens is 310 g/mol. The van der Waals surface area contributed by atoms with Crippen molar-refractivity contribution in [2.45, 2.75) is 29.7 Å². The first-order chi connectivity index (χ1) is 10.6. The van der Waals surface area contributed by atoms with E-state index >= 15 is 0 Å². The molecule has 2 aromatic rings. The molecule has 4 atom stereocenters. The van der Waals surface area contributed by atoms with Gasteiger partial charge in [-0.3, -0.25) is 0 Å². The predicted molar refractivity (Wildman–Crippen MR) is 78.9 cm³/mol. The van der Waals surface area contributed by atoms with E-state index in [4.69, 9.17) is 9.47 Å². The molecule has 0 bridgehead atoms. The third kappa shape index (κ3) is 2.34. The van der Waals surface area contributed by atoms with Crippen LogP contribution in [0.2, 0.25) is 0 Å². The van der Waals surface area contributed by atoms with E-state index in [1.165, 1.54) is 18.9 Å². The van der Waals surface area contributed by atoms with Crippen molar-refractivity contribution in [1.29, 1.82) is 0 Å². The lowest BCUT2D eigenvalue weighted by Crippen LogP contribution is -2.33. The Kier molecular flexibility index (Phi) is 4.24. The van der Waals surface area contributed by atoms with Gasteiger partial charge in [0.1, 0.15) is 18.3 Å². The second-order valence-corrected chi connectivity index (χ2v) is 5.68. The van der Waals surface area contributed by atoms with Gasteiger partial charge in [-0.25, -0.2) is 4.98 Å². The summed E-state index contributed by atoms with van der Waals surface area (Å²) in [6, 6.07) is 1.76. The molecule has 0 aromatic carbocycles. The van der Waals surface area contributed by atoms with Crippen molar-refractivity contribution >= 4 is 22.8 Å². The van der Waals surface area contributed by atoms with E-state index in [9.17, 15) is 15.3 Å². The molecule has 0 amide bonds. The van der Waals surface area contributed by atoms with Crippen LogP contribution in [0.25, 0.3) is 11.0 Å². The second kappa shape index (κ2) is 6.01. The first kappa shape index (κ1) is 15.5. The minimum absolute atomic E-state index is 0.373. The van der Waals surface area contributed by atoms with Crippen LogP contribution in [0.15, 0.2) is 17.4 Å². The van der Waals surface area contributed by atoms with E-state index in [2.05, 4.69) is 9.97 Å². The van der Waals surface area contributed by atoms with Crippen molar-refractivity contribution < 1.29 is 24.8 Å². The van der Waals surface area contributed by atoms with Gasteiger partial charge in [-0.2, -0.15) is 4.98 Å². The molecule has 1 saturated heterocycles. The van der Waals surface area contributed by atoms with Gasteiger partial charge in [0.15, 0.2) is 17.0 Å². The zero-order valence-electron chi connectivity index (χ0n) is 12.1. The number of hydrogen-bond donors (Lipinski definition) is 3. The van der Waals surface area contributed by atoms with Crippen molar-refractivity contribution in [3.63, 3.8) is 0 Å². The minimum atomic E-state index is -1.16. The molecule has 1 aliphatic rings. The lowest BCUT2D eigenvalue weighted by atomic mass is 10.1. The summed E-state index contributed by atoms with van der Waals surface area (Å²) in [5, 5.41) is 30.4. The number of aromatic nitrogens is 3. The first-order valence-corrected chi connectivity index (χ1v) is 7.92. The highest BCUT2D eigenvalue weighted by molar-refractivity contribution is 7.98. The van der Waals surface area contributed by atoms with E-state index in [0.717, 1.165) is 0 Å². The van der Waals surface area contributed by atoms with Crippen LogP contribution in [-0.4, -0.2) is 68.1 Å². The summed E-state index contributed by atoms with van der Waals surface area (Å²) in [5.41, 5.74) is 0.533. The molecule has 9 heteroatoms. The number of thioether (sulfide) groups is 1. The zero-order chi connectivity index (χ0) is 15.9. The minimum Gasteiger partial charge on any atom is -0.480 e. The normalized spacial score (nSPS) is 28.4. The third-order valence-corrected chi connectivity index (χ3v) is 4.23. The summed E-state index contributed by atoms with van der Waals surface area (Å²) >= 11 is 1.37. The first-order valence-electron chi connectivity index (χ1n) is 6.69. The topological polar surface area (TPSA) is 110 Å². The van der Waals surface area contributed by atoms with Crippen molar-refractivity contribution in [3.05, 3.63) is 12.3 Å². The van der Waals surface area contributed by atoms with Gasteiger partial charge in [-0.1, -0.05) is 11.8 Å². The molecule has 8 nitrogen and oxygen atoms in total. The Morgan fingerprint density at radius 3 is 2.73 bits per heavy atom. The van der Waals surface area contributed by atoms with Crippen molar-refractivity contribution in [2.75, 3.05) is 20.0 Å². The molecule has 3 rings (SSSR count). The van der Waals surface area contributed by atoms with Crippen molar-refractivity contribution in [3.8, 4) is 5.88 Å². The van der Waals surface area contributed by atoms with Gasteiger partial charge in [0.05, 0.1) is 19.1 Å². The van der Waals surface area contributed by atoms with E-state index < -0.39 is 24.5 Å². The van der Waals surface area contributed by atoms with Gasteiger partial charge < -0.3 is 29.4 Å². The number of ether oxygens (including phenoxy) is 2. The maximum atomic E-state index is 10.2. The number of aliphatic hydroxyl groups excluding tert-OH is 3. The van der Waals surface area contributed by atoms with Crippen molar-refractivity contribution in [2.24, 2.45) is 0 Å². The van der Waals surface area contributed by atoms with Gasteiger partial charge in [0.25, 0.3) is 0 Å². The number of rotatable bonds is 4. The third-order valence-electron chi connectivity index (χ3n) is 3.68. The second-order valence-electron chi connectivity index (χ2n) is 4.91. The van der Waals surface area contributed by atoms with E-state index in [-0.39, 0.29) is 6.61 Å². The SMILES string of the molecule is COc1nc(SC)nc2c1ccn2[C@@H]1O[C@H](CO)[C@@H](O)[C@H]1O. The smallest absolute Gasteiger partial charge is 0.226 e. The van der Waals surface area contributed by atoms with Crippen LogP contribution >= 0.6 is 11.8 Å². The Bertz CT molecular complexity index is 679. The quantitative estimate of drug-likeness (QED) is 0.522. The Balaban J connectivity index is 2.08. The summed E-state index contributed by atoms with van der Waals surface area (Å²) in [7, 11) is 1.52. The number of nitrogens with zero attached hydrogens (tertiary/aromatic N) is 3. The zero-order valence-corrected chi connectivity index (χ0v) is 12.9. The van der Waals surface area contributed by atoms with Gasteiger partial charge >= 0.3 is 0 Å². The maximum Gasteiger partial charge on any atom is 0.226 e. The molecule has 1 fully saturated rings. The highest BCUT2D eigenvalue weighted by atomic mass is 32.2. The van der Waals surface area contributed by atoms with Crippen LogP contribution in [0.3, 0.4) is 0 Å². The molecule has 120 valence electrons. The molecule has 0 saturated carbocycles. The Morgan fingerprint density at radius 2 is 2.14 bits per heavy atom. The van der Waals surface area contributed by atoms with Crippen LogP contribution in [0.1, 0.15) is 6.23 Å². The average molecular weight is 327 g/mol. The molecule has 0 spiro atoms. The van der Waals surface area contributed by atoms with E-state index in [0.29, 0.717) is 22.1 Å². The van der Waals surface area contributed by atoms with Crippen LogP contribution in [-0.2, 0) is 4.74 Å². The summed E-state index contributed by atoms with van der Waals surface area (Å²) in [5.74, 6) is 0.430. The molecular formula is C13H17N3O5S. The molecule has 3 N–H and O–H groups in total. The van der Waals surface area contributed by atoms with Gasteiger partial charge in [-0.05, 0) is 12.3 Å². The lowest BCUT2D eigenvalue weighted by Gasteiger charge is -2.17. The highest BCUT2D eigenvalue weighted by Crippen LogP contribution is 2.34. The van der Waals surface area contributed by atoms with E-state index in [1.54, 1.807) is 16.8 Å². The average Bonchev–Trinajstić information content (AvgIpc) is 3.08. The molecule has 1 aliphatic heterocycles. The monoisotopic (exact) mass is 327 g/mol. The van der Waals surface area contributed by atoms with E-state index in [1.807, 2.05) is 6.26 Å². The van der Waals surface area contributed by atoms with Crippen molar-refractivity contribution in [1.82, 2.24) is 14.5 Å². The summed E-state index contributed by atoms with van der Waals surface area (Å²) < 4.78 is 12.4. The van der Waals surface area contributed by atoms with Crippen LogP contribution in [0, 0.1) is 0 Å². The number of hydrogen-bond acceptors (Lipinski definition) is 8. The number of methoxy groups -OCH3 is 1. The largest absolute Gasteiger partial charge is 0.480 e. The maximum absolute atomic E-state index is 10.2. The number of aliphatic hydroxyl groups is 3. The predicted octanol–water partition coefficient (Wildman–Crippen LogP) is -0.227. The Labute approximate surface area is 130 Å². The Hall–Kier alpha value is -1.39. The molecule has 0 radical (unpaired) electrons. The fraction of sp³-hybridized carbons (Fsp3) is 0.538. The Morgan fingerprint density at radius 1 is 1.36 bits per heavy atom. The molecule has 22 heavy (non-hydrogen) atoms. The van der Waals surface area contributed by atoms with Crippen LogP contribution in [0.4, 0.5) is 0 Å².